The Bertz CT molecular complexity index is 1330. The highest BCUT2D eigenvalue weighted by atomic mass is 32.2. The van der Waals surface area contributed by atoms with E-state index in [1.807, 2.05) is 42.5 Å². The fourth-order valence-electron chi connectivity index (χ4n) is 4.10. The van der Waals surface area contributed by atoms with Crippen molar-refractivity contribution in [3.8, 4) is 5.69 Å². The molecule has 8 nitrogen and oxygen atoms in total. The second-order valence-corrected chi connectivity index (χ2v) is 10.1. The van der Waals surface area contributed by atoms with E-state index in [4.69, 9.17) is 0 Å². The summed E-state index contributed by atoms with van der Waals surface area (Å²) in [6.07, 6.45) is 0.250. The minimum absolute atomic E-state index is 0.107. The summed E-state index contributed by atoms with van der Waals surface area (Å²) in [7, 11) is -1.89. The number of benzene rings is 2. The average Bonchev–Trinajstić information content (AvgIpc) is 3.01. The van der Waals surface area contributed by atoms with Gasteiger partial charge in [0, 0.05) is 13.6 Å². The maximum atomic E-state index is 13.3. The number of anilines is 1. The number of sulfonamides is 1. The van der Waals surface area contributed by atoms with Crippen LogP contribution in [0.2, 0.25) is 0 Å². The summed E-state index contributed by atoms with van der Waals surface area (Å²) < 4.78 is 30.0. The molecule has 0 fully saturated rings. The van der Waals surface area contributed by atoms with Crippen molar-refractivity contribution in [1.29, 1.82) is 0 Å². The van der Waals surface area contributed by atoms with E-state index in [0.29, 0.717) is 11.4 Å². The molecule has 1 aromatic heterocycles. The molecular weight excluding hydrogens is 428 g/mol. The van der Waals surface area contributed by atoms with Crippen LogP contribution in [-0.2, 0) is 34.8 Å². The summed E-state index contributed by atoms with van der Waals surface area (Å²) in [4.78, 5) is 26.5. The Kier molecular flexibility index (Phi) is 5.79. The highest BCUT2D eigenvalue weighted by Gasteiger charge is 2.38. The predicted octanol–water partition coefficient (Wildman–Crippen LogP) is 2.20. The Balaban J connectivity index is 1.71. The zero-order valence-electron chi connectivity index (χ0n) is 18.3. The van der Waals surface area contributed by atoms with Crippen LogP contribution in [0.5, 0.6) is 0 Å². The Morgan fingerprint density at radius 2 is 1.69 bits per heavy atom. The molecule has 9 heteroatoms. The van der Waals surface area contributed by atoms with Gasteiger partial charge < -0.3 is 5.32 Å². The van der Waals surface area contributed by atoms with Gasteiger partial charge in [0.2, 0.25) is 15.9 Å². The number of carbonyl (C=O) groups is 1. The van der Waals surface area contributed by atoms with E-state index in [1.54, 1.807) is 37.7 Å². The maximum Gasteiger partial charge on any atom is 0.295 e. The molecule has 0 bridgehead atoms. The molecule has 0 saturated heterocycles. The van der Waals surface area contributed by atoms with Crippen molar-refractivity contribution in [2.75, 3.05) is 11.1 Å². The van der Waals surface area contributed by atoms with E-state index in [2.05, 4.69) is 5.32 Å². The zero-order valence-corrected chi connectivity index (χ0v) is 19.1. The van der Waals surface area contributed by atoms with Gasteiger partial charge in [-0.2, -0.15) is 4.31 Å². The van der Waals surface area contributed by atoms with Gasteiger partial charge in [-0.3, -0.25) is 14.3 Å². The predicted molar refractivity (Wildman–Crippen MR) is 123 cm³/mol. The van der Waals surface area contributed by atoms with Crippen LogP contribution in [0, 0.1) is 6.92 Å². The van der Waals surface area contributed by atoms with Crippen LogP contribution in [0.3, 0.4) is 0 Å². The lowest BCUT2D eigenvalue weighted by molar-refractivity contribution is -0.120. The third-order valence-corrected chi connectivity index (χ3v) is 7.86. The van der Waals surface area contributed by atoms with Gasteiger partial charge in [-0.05, 0) is 43.5 Å². The van der Waals surface area contributed by atoms with E-state index in [-0.39, 0.29) is 30.0 Å². The van der Waals surface area contributed by atoms with Crippen molar-refractivity contribution >= 4 is 21.6 Å². The number of rotatable bonds is 5. The molecule has 1 atom stereocenters. The van der Waals surface area contributed by atoms with Gasteiger partial charge in [-0.15, -0.1) is 0 Å². The number of hydrogen-bond acceptors (Lipinski definition) is 4. The summed E-state index contributed by atoms with van der Waals surface area (Å²) in [5.74, 6) is -0.619. The third-order valence-electron chi connectivity index (χ3n) is 6.03. The molecule has 2 aromatic carbocycles. The van der Waals surface area contributed by atoms with Gasteiger partial charge in [0.25, 0.3) is 5.56 Å². The normalized spacial score (nSPS) is 16.5. The molecule has 32 heavy (non-hydrogen) atoms. The number of nitrogens with one attached hydrogen (secondary N) is 1. The Morgan fingerprint density at radius 1 is 1.06 bits per heavy atom. The molecule has 0 saturated carbocycles. The van der Waals surface area contributed by atoms with E-state index < -0.39 is 22.0 Å². The summed E-state index contributed by atoms with van der Waals surface area (Å²) in [5.41, 5.74) is 2.84. The van der Waals surface area contributed by atoms with E-state index >= 15 is 0 Å². The van der Waals surface area contributed by atoms with Crippen LogP contribution < -0.4 is 10.9 Å². The van der Waals surface area contributed by atoms with E-state index in [9.17, 15) is 18.0 Å². The van der Waals surface area contributed by atoms with Gasteiger partial charge in [0.1, 0.15) is 11.7 Å². The molecule has 1 aliphatic heterocycles. The van der Waals surface area contributed by atoms with Crippen molar-refractivity contribution in [1.82, 2.24) is 13.7 Å². The van der Waals surface area contributed by atoms with E-state index in [1.165, 1.54) is 8.99 Å². The Morgan fingerprint density at radius 3 is 2.34 bits per heavy atom. The van der Waals surface area contributed by atoms with Crippen molar-refractivity contribution in [2.24, 2.45) is 7.05 Å². The van der Waals surface area contributed by atoms with Crippen molar-refractivity contribution in [2.45, 2.75) is 32.9 Å². The summed E-state index contributed by atoms with van der Waals surface area (Å²) in [6, 6.07) is 15.7. The number of nitrogens with zero attached hydrogens (tertiary/aromatic N) is 3. The molecule has 1 amide bonds. The second-order valence-electron chi connectivity index (χ2n) is 7.86. The summed E-state index contributed by atoms with van der Waals surface area (Å²) in [5, 5.41) is 2.74. The maximum absolute atomic E-state index is 13.3. The highest BCUT2D eigenvalue weighted by Crippen LogP contribution is 2.27. The SMILES string of the molecule is CCS(=O)(=O)N1Cc2ccccc2C[C@H]1C(=O)Nc1c(C)n(C)n(-c2ccccc2)c1=O. The minimum Gasteiger partial charge on any atom is -0.319 e. The van der Waals surface area contributed by atoms with Gasteiger partial charge in [-0.1, -0.05) is 42.5 Å². The lowest BCUT2D eigenvalue weighted by Gasteiger charge is -2.34. The minimum atomic E-state index is -3.63. The first-order chi connectivity index (χ1) is 15.2. The molecule has 0 unspecified atom stereocenters. The average molecular weight is 455 g/mol. The first kappa shape index (κ1) is 22.0. The molecule has 1 aliphatic rings. The monoisotopic (exact) mass is 454 g/mol. The molecule has 1 N–H and O–H groups in total. The molecule has 0 aliphatic carbocycles. The number of para-hydroxylation sites is 1. The van der Waals surface area contributed by atoms with Crippen molar-refractivity contribution in [3.63, 3.8) is 0 Å². The number of amides is 1. The smallest absolute Gasteiger partial charge is 0.295 e. The second kappa shape index (κ2) is 8.40. The van der Waals surface area contributed by atoms with E-state index in [0.717, 1.165) is 11.1 Å². The van der Waals surface area contributed by atoms with Crippen LogP contribution in [0.4, 0.5) is 5.69 Å². The third kappa shape index (κ3) is 3.78. The van der Waals surface area contributed by atoms with Crippen LogP contribution in [0.25, 0.3) is 5.69 Å². The van der Waals surface area contributed by atoms with Gasteiger partial charge in [0.15, 0.2) is 0 Å². The quantitative estimate of drug-likeness (QED) is 0.640. The van der Waals surface area contributed by atoms with Gasteiger partial charge in [0.05, 0.1) is 17.1 Å². The molecular formula is C23H26N4O4S. The molecule has 0 spiro atoms. The van der Waals surface area contributed by atoms with Gasteiger partial charge in [-0.25, -0.2) is 13.1 Å². The molecule has 2 heterocycles. The number of hydrogen-bond donors (Lipinski definition) is 1. The summed E-state index contributed by atoms with van der Waals surface area (Å²) >= 11 is 0. The molecule has 4 rings (SSSR count). The lowest BCUT2D eigenvalue weighted by Crippen LogP contribution is -2.51. The zero-order chi connectivity index (χ0) is 23.0. The highest BCUT2D eigenvalue weighted by molar-refractivity contribution is 7.89. The van der Waals surface area contributed by atoms with Gasteiger partial charge >= 0.3 is 0 Å². The first-order valence-corrected chi connectivity index (χ1v) is 12.1. The van der Waals surface area contributed by atoms with Crippen LogP contribution in [-0.4, -0.2) is 39.8 Å². The lowest BCUT2D eigenvalue weighted by atomic mass is 9.95. The Hall–Kier alpha value is -3.17. The van der Waals surface area contributed by atoms with Crippen LogP contribution in [0.1, 0.15) is 23.7 Å². The Labute approximate surface area is 187 Å². The fourth-order valence-corrected chi connectivity index (χ4v) is 5.32. The number of aromatic nitrogens is 2. The van der Waals surface area contributed by atoms with Crippen molar-refractivity contribution < 1.29 is 13.2 Å². The topological polar surface area (TPSA) is 93.4 Å². The number of carbonyl (C=O) groups excluding carboxylic acids is 1. The largest absolute Gasteiger partial charge is 0.319 e. The molecule has 0 radical (unpaired) electrons. The first-order valence-electron chi connectivity index (χ1n) is 10.5. The van der Waals surface area contributed by atoms with Crippen LogP contribution in [0.15, 0.2) is 59.4 Å². The standard InChI is InChI=1S/C23H26N4O4S/c1-4-32(30,31)26-15-18-11-9-8-10-17(18)14-20(26)22(28)24-21-16(2)25(3)27(23(21)29)19-12-6-5-7-13-19/h5-13,20H,4,14-15H2,1-3H3,(H,24,28)/t20-/m0/s1. The fraction of sp³-hybridized carbons (Fsp3) is 0.304. The summed E-state index contributed by atoms with van der Waals surface area (Å²) in [6.45, 7) is 3.43. The van der Waals surface area contributed by atoms with Crippen molar-refractivity contribution in [3.05, 3.63) is 81.8 Å². The van der Waals surface area contributed by atoms with Crippen LogP contribution >= 0.6 is 0 Å². The molecule has 3 aromatic rings. The molecule has 168 valence electrons. The number of fused-ring (bicyclic) bond motifs is 1.